The fourth-order valence-corrected chi connectivity index (χ4v) is 2.92. The van der Waals surface area contributed by atoms with Crippen molar-refractivity contribution in [3.05, 3.63) is 69.8 Å². The van der Waals surface area contributed by atoms with Gasteiger partial charge in [-0.2, -0.15) is 47.4 Å². The van der Waals surface area contributed by atoms with Gasteiger partial charge in [0.05, 0.1) is 22.3 Å². The van der Waals surface area contributed by atoms with Crippen molar-refractivity contribution in [1.29, 1.82) is 21.0 Å². The Morgan fingerprint density at radius 3 is 1.07 bits per heavy atom. The first-order valence-electron chi connectivity index (χ1n) is 7.50. The Morgan fingerprint density at radius 2 is 0.828 bits per heavy atom. The summed E-state index contributed by atoms with van der Waals surface area (Å²) in [7, 11) is 0. The number of rotatable bonds is 2. The van der Waals surface area contributed by atoms with Gasteiger partial charge >= 0.3 is 12.4 Å². The van der Waals surface area contributed by atoms with Gasteiger partial charge in [0, 0.05) is 0 Å². The summed E-state index contributed by atoms with van der Waals surface area (Å²) < 4.78 is 84.4. The van der Waals surface area contributed by atoms with Crippen molar-refractivity contribution in [2.75, 3.05) is 0 Å². The number of nitrogens with zero attached hydrogens (tertiary/aromatic N) is 4. The van der Waals surface area contributed by atoms with Gasteiger partial charge in [0.1, 0.15) is 24.3 Å². The molecule has 0 aliphatic carbocycles. The molecule has 0 radical (unpaired) electrons. The molecule has 10 heteroatoms. The number of hydrogen-bond donors (Lipinski definition) is 0. The Labute approximate surface area is 160 Å². The van der Waals surface area contributed by atoms with Gasteiger partial charge < -0.3 is 0 Å². The molecule has 0 spiro atoms. The van der Waals surface area contributed by atoms with Crippen LogP contribution >= 0.6 is 0 Å². The zero-order valence-corrected chi connectivity index (χ0v) is 14.0. The third kappa shape index (κ3) is 3.22. The maximum absolute atomic E-state index is 14.1. The molecule has 0 saturated carbocycles. The van der Waals surface area contributed by atoms with Crippen molar-refractivity contribution < 1.29 is 26.3 Å². The summed E-state index contributed by atoms with van der Waals surface area (Å²) in [6, 6.07) is 8.83. The van der Waals surface area contributed by atoms with E-state index in [1.54, 1.807) is 0 Å². The Bertz CT molecular complexity index is 1040. The highest BCUT2D eigenvalue weighted by Gasteiger charge is 2.72. The van der Waals surface area contributed by atoms with E-state index in [-0.39, 0.29) is 0 Å². The minimum absolute atomic E-state index is 0.351. The minimum atomic E-state index is -5.94. The van der Waals surface area contributed by atoms with Gasteiger partial charge in [-0.15, -0.1) is 0 Å². The summed E-state index contributed by atoms with van der Waals surface area (Å²) in [6.45, 7) is 0. The molecule has 0 aliphatic rings. The fourth-order valence-electron chi connectivity index (χ4n) is 2.92. The number of benzene rings is 2. The van der Waals surface area contributed by atoms with Crippen LogP contribution in [0.1, 0.15) is 33.4 Å². The molecule has 0 fully saturated rings. The molecule has 2 aromatic carbocycles. The van der Waals surface area contributed by atoms with E-state index in [4.69, 9.17) is 21.0 Å². The van der Waals surface area contributed by atoms with E-state index in [2.05, 4.69) is 0 Å². The zero-order valence-electron chi connectivity index (χ0n) is 14.0. The van der Waals surface area contributed by atoms with Gasteiger partial charge in [-0.1, -0.05) is 12.1 Å². The van der Waals surface area contributed by atoms with Crippen molar-refractivity contribution >= 4 is 0 Å². The van der Waals surface area contributed by atoms with Gasteiger partial charge in [-0.3, -0.25) is 0 Å². The molecule has 0 aliphatic heterocycles. The SMILES string of the molecule is N#Cc1ccc(C(c2ccc(C#N)c(C#N)c2)(C(F)(F)F)C(F)(F)F)cc1C#N. The molecule has 0 aromatic heterocycles. The lowest BCUT2D eigenvalue weighted by Gasteiger charge is -2.38. The van der Waals surface area contributed by atoms with Crippen LogP contribution in [0, 0.1) is 45.3 Å². The van der Waals surface area contributed by atoms with Crippen LogP contribution in [-0.4, -0.2) is 12.4 Å². The smallest absolute Gasteiger partial charge is 0.192 e. The van der Waals surface area contributed by atoms with Crippen LogP contribution in [0.25, 0.3) is 0 Å². The monoisotopic (exact) mass is 404 g/mol. The van der Waals surface area contributed by atoms with Gasteiger partial charge in [-0.05, 0) is 35.4 Å². The van der Waals surface area contributed by atoms with Crippen LogP contribution < -0.4 is 0 Å². The van der Waals surface area contributed by atoms with Crippen LogP contribution in [-0.2, 0) is 5.41 Å². The highest BCUT2D eigenvalue weighted by molar-refractivity contribution is 5.56. The van der Waals surface area contributed by atoms with E-state index in [0.717, 1.165) is 0 Å². The van der Waals surface area contributed by atoms with Crippen LogP contribution in [0.5, 0.6) is 0 Å². The second kappa shape index (κ2) is 7.19. The van der Waals surface area contributed by atoms with E-state index >= 15 is 0 Å². The van der Waals surface area contributed by atoms with E-state index in [9.17, 15) is 26.3 Å². The lowest BCUT2D eigenvalue weighted by atomic mass is 9.71. The van der Waals surface area contributed by atoms with Gasteiger partial charge in [0.25, 0.3) is 0 Å². The predicted molar refractivity (Wildman–Crippen MR) is 84.6 cm³/mol. The second-order valence-corrected chi connectivity index (χ2v) is 5.71. The first-order chi connectivity index (χ1) is 13.5. The van der Waals surface area contributed by atoms with E-state index < -0.39 is 51.1 Å². The van der Waals surface area contributed by atoms with Crippen LogP contribution in [0.3, 0.4) is 0 Å². The van der Waals surface area contributed by atoms with E-state index in [0.29, 0.717) is 36.4 Å². The lowest BCUT2D eigenvalue weighted by Crippen LogP contribution is -2.54. The van der Waals surface area contributed by atoms with Gasteiger partial charge in [-0.25, -0.2) is 0 Å². The summed E-state index contributed by atoms with van der Waals surface area (Å²) in [5.41, 5.74) is -9.42. The number of alkyl halides is 6. The third-order valence-electron chi connectivity index (χ3n) is 4.24. The summed E-state index contributed by atoms with van der Waals surface area (Å²) in [5.74, 6) is 0. The molecule has 2 aromatic rings. The maximum atomic E-state index is 14.1. The average Bonchev–Trinajstić information content (AvgIpc) is 2.65. The fraction of sp³-hybridized carbons (Fsp3) is 0.158. The van der Waals surface area contributed by atoms with Crippen molar-refractivity contribution in [2.45, 2.75) is 17.8 Å². The number of hydrogen-bond acceptors (Lipinski definition) is 4. The lowest BCUT2D eigenvalue weighted by molar-refractivity contribution is -0.288. The summed E-state index contributed by atoms with van der Waals surface area (Å²) >= 11 is 0. The van der Waals surface area contributed by atoms with Crippen molar-refractivity contribution in [3.8, 4) is 24.3 Å². The average molecular weight is 404 g/mol. The number of nitriles is 4. The van der Waals surface area contributed by atoms with Gasteiger partial charge in [0.2, 0.25) is 5.41 Å². The molecular formula is C19H6F6N4. The second-order valence-electron chi connectivity index (χ2n) is 5.71. The molecular weight excluding hydrogens is 398 g/mol. The number of halogens is 6. The quantitative estimate of drug-likeness (QED) is 0.685. The van der Waals surface area contributed by atoms with Gasteiger partial charge in [0.15, 0.2) is 0 Å². The Kier molecular flexibility index (Phi) is 5.27. The molecule has 0 heterocycles. The molecule has 29 heavy (non-hydrogen) atoms. The highest BCUT2D eigenvalue weighted by atomic mass is 19.4. The zero-order chi connectivity index (χ0) is 22.0. The van der Waals surface area contributed by atoms with Crippen LogP contribution in [0.4, 0.5) is 26.3 Å². The molecule has 0 saturated heterocycles. The molecule has 0 amide bonds. The van der Waals surface area contributed by atoms with E-state index in [1.807, 2.05) is 0 Å². The van der Waals surface area contributed by atoms with Crippen LogP contribution in [0.15, 0.2) is 36.4 Å². The predicted octanol–water partition coefficient (Wildman–Crippen LogP) is 4.58. The largest absolute Gasteiger partial charge is 0.411 e. The Balaban J connectivity index is 3.05. The maximum Gasteiger partial charge on any atom is 0.411 e. The van der Waals surface area contributed by atoms with Crippen molar-refractivity contribution in [3.63, 3.8) is 0 Å². The van der Waals surface area contributed by atoms with Crippen molar-refractivity contribution in [1.82, 2.24) is 0 Å². The minimum Gasteiger partial charge on any atom is -0.192 e. The molecule has 4 nitrogen and oxygen atoms in total. The van der Waals surface area contributed by atoms with E-state index in [1.165, 1.54) is 24.3 Å². The first kappa shape index (κ1) is 21.3. The molecule has 0 unspecified atom stereocenters. The van der Waals surface area contributed by atoms with Crippen LogP contribution in [0.2, 0.25) is 0 Å². The molecule has 0 bridgehead atoms. The molecule has 144 valence electrons. The Morgan fingerprint density at radius 1 is 0.517 bits per heavy atom. The molecule has 2 rings (SSSR count). The summed E-state index contributed by atoms with van der Waals surface area (Å²) in [4.78, 5) is 0. The summed E-state index contributed by atoms with van der Waals surface area (Å²) in [5, 5.41) is 35.8. The third-order valence-corrected chi connectivity index (χ3v) is 4.24. The normalized spacial score (nSPS) is 11.7. The standard InChI is InChI=1S/C19H6F6N4/c20-18(21,22)17(19(23,24)25,15-3-1-11(7-26)13(5-15)9-28)16-4-2-12(8-27)14(6-16)10-29/h1-6H. The molecule has 0 N–H and O–H groups in total. The van der Waals surface area contributed by atoms with Crippen molar-refractivity contribution in [2.24, 2.45) is 0 Å². The Hall–Kier alpha value is -4.02. The summed E-state index contributed by atoms with van der Waals surface area (Å²) in [6.07, 6.45) is -11.9. The first-order valence-corrected chi connectivity index (χ1v) is 7.50. The molecule has 0 atom stereocenters. The topological polar surface area (TPSA) is 95.2 Å². The highest BCUT2D eigenvalue weighted by Crippen LogP contribution is 2.56.